The lowest BCUT2D eigenvalue weighted by Gasteiger charge is -2.09. The van der Waals surface area contributed by atoms with Crippen molar-refractivity contribution >= 4 is 16.8 Å². The lowest BCUT2D eigenvalue weighted by atomic mass is 10.1. The molecule has 0 radical (unpaired) electrons. The normalized spacial score (nSPS) is 12.1. The van der Waals surface area contributed by atoms with Crippen molar-refractivity contribution in [1.82, 2.24) is 20.4 Å². The van der Waals surface area contributed by atoms with Crippen molar-refractivity contribution in [3.05, 3.63) is 78.1 Å². The van der Waals surface area contributed by atoms with Crippen molar-refractivity contribution in [2.75, 3.05) is 6.54 Å². The number of rotatable bonds is 5. The van der Waals surface area contributed by atoms with Crippen LogP contribution in [0.2, 0.25) is 0 Å². The molecule has 1 unspecified atom stereocenters. The van der Waals surface area contributed by atoms with Gasteiger partial charge >= 0.3 is 0 Å². The van der Waals surface area contributed by atoms with Crippen LogP contribution in [0.15, 0.2) is 65.3 Å². The van der Waals surface area contributed by atoms with Gasteiger partial charge in [-0.1, -0.05) is 48.5 Å². The van der Waals surface area contributed by atoms with Crippen LogP contribution in [0.3, 0.4) is 0 Å². The highest BCUT2D eigenvalue weighted by Gasteiger charge is 2.17. The molecule has 2 heterocycles. The molecule has 6 nitrogen and oxygen atoms in total. The van der Waals surface area contributed by atoms with Crippen LogP contribution in [-0.4, -0.2) is 27.6 Å². The van der Waals surface area contributed by atoms with Crippen LogP contribution >= 0.6 is 0 Å². The largest absolute Gasteiger partial charge is 0.351 e. The zero-order chi connectivity index (χ0) is 19.5. The van der Waals surface area contributed by atoms with Crippen LogP contribution in [0, 0.1) is 5.82 Å². The van der Waals surface area contributed by atoms with Gasteiger partial charge in [-0.2, -0.15) is 4.98 Å². The molecule has 0 fully saturated rings. The maximum Gasteiger partial charge on any atom is 0.251 e. The standard InChI is InChI=1S/C21H17FN4O2/c1-13(21-25-19(26-28-21)14-6-3-2-4-7-14)12-24-20(27)16-10-15-8-5-9-23-18(15)17(22)11-16/h2-11,13H,12H2,1H3,(H,24,27). The van der Waals surface area contributed by atoms with Crippen molar-refractivity contribution in [1.29, 1.82) is 0 Å². The number of hydrogen-bond acceptors (Lipinski definition) is 5. The molecule has 1 amide bonds. The summed E-state index contributed by atoms with van der Waals surface area (Å²) in [5.41, 5.74) is 1.33. The van der Waals surface area contributed by atoms with Gasteiger partial charge in [-0.05, 0) is 18.2 Å². The van der Waals surface area contributed by atoms with E-state index in [2.05, 4.69) is 20.4 Å². The third-order valence-electron chi connectivity index (χ3n) is 4.38. The van der Waals surface area contributed by atoms with E-state index in [9.17, 15) is 9.18 Å². The number of carbonyl (C=O) groups is 1. The first kappa shape index (κ1) is 17.8. The minimum atomic E-state index is -0.527. The highest BCUT2D eigenvalue weighted by atomic mass is 19.1. The molecule has 0 saturated heterocycles. The van der Waals surface area contributed by atoms with Crippen LogP contribution in [0.4, 0.5) is 4.39 Å². The van der Waals surface area contributed by atoms with Gasteiger partial charge in [-0.3, -0.25) is 9.78 Å². The van der Waals surface area contributed by atoms with Crippen LogP contribution in [0.5, 0.6) is 0 Å². The summed E-state index contributed by atoms with van der Waals surface area (Å²) in [6.07, 6.45) is 1.51. The van der Waals surface area contributed by atoms with Gasteiger partial charge in [0.05, 0.1) is 5.92 Å². The van der Waals surface area contributed by atoms with E-state index in [4.69, 9.17) is 4.52 Å². The Labute approximate surface area is 160 Å². The summed E-state index contributed by atoms with van der Waals surface area (Å²) in [5, 5.41) is 7.34. The Bertz CT molecular complexity index is 1130. The van der Waals surface area contributed by atoms with Gasteiger partial charge in [0.1, 0.15) is 11.3 Å². The SMILES string of the molecule is CC(CNC(=O)c1cc(F)c2ncccc2c1)c1nc(-c2ccccc2)no1. The van der Waals surface area contributed by atoms with E-state index >= 15 is 0 Å². The molecule has 2 aromatic heterocycles. The number of nitrogens with zero attached hydrogens (tertiary/aromatic N) is 3. The monoisotopic (exact) mass is 376 g/mol. The van der Waals surface area contributed by atoms with Gasteiger partial charge in [0.2, 0.25) is 11.7 Å². The van der Waals surface area contributed by atoms with E-state index in [0.29, 0.717) is 17.1 Å². The summed E-state index contributed by atoms with van der Waals surface area (Å²) in [6, 6.07) is 15.7. The molecular formula is C21H17FN4O2. The summed E-state index contributed by atoms with van der Waals surface area (Å²) in [5.74, 6) is -0.174. The fraction of sp³-hybridized carbons (Fsp3) is 0.143. The summed E-state index contributed by atoms with van der Waals surface area (Å²) < 4.78 is 19.5. The van der Waals surface area contributed by atoms with E-state index in [1.807, 2.05) is 37.3 Å². The Morgan fingerprint density at radius 1 is 1.18 bits per heavy atom. The van der Waals surface area contributed by atoms with Crippen LogP contribution in [0.1, 0.15) is 29.1 Å². The third kappa shape index (κ3) is 3.59. The van der Waals surface area contributed by atoms with Gasteiger partial charge in [0.25, 0.3) is 5.91 Å². The number of aromatic nitrogens is 3. The van der Waals surface area contributed by atoms with Crippen molar-refractivity contribution in [2.45, 2.75) is 12.8 Å². The minimum Gasteiger partial charge on any atom is -0.351 e. The molecule has 0 aliphatic rings. The number of carbonyl (C=O) groups excluding carboxylic acids is 1. The average molecular weight is 376 g/mol. The van der Waals surface area contributed by atoms with Gasteiger partial charge in [-0.15, -0.1) is 0 Å². The van der Waals surface area contributed by atoms with Crippen molar-refractivity contribution < 1.29 is 13.7 Å². The van der Waals surface area contributed by atoms with Gasteiger partial charge in [-0.25, -0.2) is 4.39 Å². The van der Waals surface area contributed by atoms with Gasteiger partial charge < -0.3 is 9.84 Å². The Kier molecular flexibility index (Phi) is 4.80. The fourth-order valence-electron chi connectivity index (χ4n) is 2.85. The summed E-state index contributed by atoms with van der Waals surface area (Å²) in [7, 11) is 0. The van der Waals surface area contributed by atoms with Gasteiger partial charge in [0, 0.05) is 29.3 Å². The Hall–Kier alpha value is -3.61. The number of nitrogens with one attached hydrogen (secondary N) is 1. The lowest BCUT2D eigenvalue weighted by Crippen LogP contribution is -2.27. The second-order valence-corrected chi connectivity index (χ2v) is 6.47. The minimum absolute atomic E-state index is 0.194. The summed E-state index contributed by atoms with van der Waals surface area (Å²) in [6.45, 7) is 2.15. The molecule has 4 aromatic rings. The maximum atomic E-state index is 14.2. The van der Waals surface area contributed by atoms with Crippen LogP contribution < -0.4 is 5.32 Å². The predicted molar refractivity (Wildman–Crippen MR) is 102 cm³/mol. The van der Waals surface area contributed by atoms with Crippen LogP contribution in [-0.2, 0) is 0 Å². The molecule has 140 valence electrons. The quantitative estimate of drug-likeness (QED) is 0.570. The van der Waals surface area contributed by atoms with E-state index in [1.165, 1.54) is 12.3 Å². The average Bonchev–Trinajstić information content (AvgIpc) is 3.23. The number of benzene rings is 2. The predicted octanol–water partition coefficient (Wildman–Crippen LogP) is 3.96. The summed E-state index contributed by atoms with van der Waals surface area (Å²) >= 11 is 0. The third-order valence-corrected chi connectivity index (χ3v) is 4.38. The van der Waals surface area contributed by atoms with Gasteiger partial charge in [0.15, 0.2) is 0 Å². The molecule has 28 heavy (non-hydrogen) atoms. The first-order valence-corrected chi connectivity index (χ1v) is 8.83. The zero-order valence-electron chi connectivity index (χ0n) is 15.1. The highest BCUT2D eigenvalue weighted by Crippen LogP contribution is 2.20. The Morgan fingerprint density at radius 2 is 2.00 bits per heavy atom. The molecule has 0 saturated carbocycles. The second kappa shape index (κ2) is 7.56. The number of halogens is 1. The molecule has 1 N–H and O–H groups in total. The van der Waals surface area contributed by atoms with Crippen molar-refractivity contribution in [2.24, 2.45) is 0 Å². The molecule has 0 aliphatic heterocycles. The smallest absolute Gasteiger partial charge is 0.251 e. The van der Waals surface area contributed by atoms with Crippen molar-refractivity contribution in [3.8, 4) is 11.4 Å². The first-order chi connectivity index (χ1) is 13.6. The fourth-order valence-corrected chi connectivity index (χ4v) is 2.85. The van der Waals surface area contributed by atoms with Crippen molar-refractivity contribution in [3.63, 3.8) is 0 Å². The molecule has 4 rings (SSSR count). The van der Waals surface area contributed by atoms with Crippen LogP contribution in [0.25, 0.3) is 22.3 Å². The maximum absolute atomic E-state index is 14.2. The molecule has 0 aliphatic carbocycles. The van der Waals surface area contributed by atoms with E-state index in [1.54, 1.807) is 18.2 Å². The number of amides is 1. The Morgan fingerprint density at radius 3 is 2.82 bits per heavy atom. The molecule has 2 aromatic carbocycles. The van der Waals surface area contributed by atoms with E-state index in [-0.39, 0.29) is 29.4 Å². The zero-order valence-corrected chi connectivity index (χ0v) is 15.1. The molecule has 0 bridgehead atoms. The topological polar surface area (TPSA) is 80.9 Å². The number of pyridine rings is 1. The number of hydrogen-bond donors (Lipinski definition) is 1. The van der Waals surface area contributed by atoms with E-state index in [0.717, 1.165) is 5.56 Å². The lowest BCUT2D eigenvalue weighted by molar-refractivity contribution is 0.0950. The second-order valence-electron chi connectivity index (χ2n) is 6.47. The van der Waals surface area contributed by atoms with E-state index < -0.39 is 5.82 Å². The molecular weight excluding hydrogens is 359 g/mol. The summed E-state index contributed by atoms with van der Waals surface area (Å²) in [4.78, 5) is 20.8. The molecule has 7 heteroatoms. The molecule has 1 atom stereocenters. The highest BCUT2D eigenvalue weighted by molar-refractivity contribution is 5.98. The first-order valence-electron chi connectivity index (χ1n) is 8.83. The number of fused-ring (bicyclic) bond motifs is 1. The molecule has 0 spiro atoms. The Balaban J connectivity index is 1.44.